The Bertz CT molecular complexity index is 609. The number of aryl methyl sites for hydroxylation is 1. The number of hydrogen-bond acceptors (Lipinski definition) is 2. The Labute approximate surface area is 119 Å². The molecule has 0 fully saturated rings. The van der Waals surface area contributed by atoms with Crippen LogP contribution < -0.4 is 10.9 Å². The van der Waals surface area contributed by atoms with Crippen LogP contribution in [0.15, 0.2) is 42.5 Å². The van der Waals surface area contributed by atoms with E-state index < -0.39 is 23.1 Å². The first-order chi connectivity index (χ1) is 9.89. The van der Waals surface area contributed by atoms with E-state index in [1.54, 1.807) is 24.3 Å². The Hall–Kier alpha value is -2.08. The largest absolute Gasteiger partial charge is 0.417 e. The summed E-state index contributed by atoms with van der Waals surface area (Å²) in [6.45, 7) is 1.04. The molecule has 2 N–H and O–H groups in total. The molecule has 2 aromatic rings. The third-order valence-corrected chi connectivity index (χ3v) is 3.02. The Morgan fingerprint density at radius 1 is 1.00 bits per heavy atom. The number of alkyl halides is 3. The van der Waals surface area contributed by atoms with Crippen LogP contribution in [-0.4, -0.2) is 0 Å². The first kappa shape index (κ1) is 15.3. The summed E-state index contributed by atoms with van der Waals surface area (Å²) in [5.41, 5.74) is 4.70. The summed E-state index contributed by atoms with van der Waals surface area (Å²) in [6, 6.07) is 11.0. The second kappa shape index (κ2) is 6.13. The molecule has 2 nitrogen and oxygen atoms in total. The smallest absolute Gasteiger partial charge is 0.321 e. The molecule has 0 atom stereocenters. The van der Waals surface area contributed by atoms with Gasteiger partial charge in [0.1, 0.15) is 5.82 Å². The first-order valence-corrected chi connectivity index (χ1v) is 6.28. The van der Waals surface area contributed by atoms with Crippen LogP contribution in [0.5, 0.6) is 0 Å². The van der Waals surface area contributed by atoms with Crippen molar-refractivity contribution in [2.45, 2.75) is 19.6 Å². The molecule has 0 aliphatic rings. The first-order valence-electron chi connectivity index (χ1n) is 6.28. The van der Waals surface area contributed by atoms with Gasteiger partial charge in [0.15, 0.2) is 0 Å². The van der Waals surface area contributed by atoms with Gasteiger partial charge in [0, 0.05) is 17.8 Å². The molecule has 0 amide bonds. The Balaban J connectivity index is 2.18. The lowest BCUT2D eigenvalue weighted by molar-refractivity contribution is -0.138. The lowest BCUT2D eigenvalue weighted by Crippen LogP contribution is -2.24. The highest BCUT2D eigenvalue weighted by atomic mass is 19.4. The number of anilines is 1. The van der Waals surface area contributed by atoms with E-state index in [4.69, 9.17) is 0 Å². The Morgan fingerprint density at radius 3 is 2.29 bits per heavy atom. The third-order valence-electron chi connectivity index (χ3n) is 3.02. The number of benzene rings is 2. The molecule has 112 valence electrons. The maximum Gasteiger partial charge on any atom is 0.417 e. The van der Waals surface area contributed by atoms with Crippen molar-refractivity contribution in [2.24, 2.45) is 0 Å². The minimum Gasteiger partial charge on any atom is -0.321 e. The number of rotatable bonds is 4. The molecule has 0 heterocycles. The topological polar surface area (TPSA) is 24.1 Å². The van der Waals surface area contributed by atoms with Crippen molar-refractivity contribution in [3.05, 3.63) is 65.0 Å². The van der Waals surface area contributed by atoms with Gasteiger partial charge in [0.2, 0.25) is 0 Å². The van der Waals surface area contributed by atoms with Crippen LogP contribution in [0.1, 0.15) is 16.7 Å². The minimum atomic E-state index is -4.59. The molecule has 0 radical (unpaired) electrons. The van der Waals surface area contributed by atoms with Crippen molar-refractivity contribution in [3.63, 3.8) is 0 Å². The van der Waals surface area contributed by atoms with Gasteiger partial charge in [0.05, 0.1) is 5.56 Å². The molecule has 2 aromatic carbocycles. The van der Waals surface area contributed by atoms with Crippen molar-refractivity contribution in [2.75, 3.05) is 5.43 Å². The maximum atomic E-state index is 13.7. The fraction of sp³-hybridized carbons (Fsp3) is 0.200. The molecule has 0 saturated heterocycles. The van der Waals surface area contributed by atoms with Crippen LogP contribution in [0.4, 0.5) is 23.2 Å². The molecular formula is C15H14F4N2. The number of hydrazine groups is 1. The molecule has 6 heteroatoms. The lowest BCUT2D eigenvalue weighted by atomic mass is 10.0. The average Bonchev–Trinajstić information content (AvgIpc) is 2.42. The molecule has 0 saturated carbocycles. The standard InChI is InChI=1S/C15H14F4N2/c1-10-7-8-13(16)12(14(10)15(17,18)19)9-20-21-11-5-3-2-4-6-11/h2-8,20-21H,9H2,1H3. The number of hydrogen-bond donors (Lipinski definition) is 2. The van der Waals surface area contributed by atoms with Gasteiger partial charge in [-0.15, -0.1) is 0 Å². The van der Waals surface area contributed by atoms with Crippen molar-refractivity contribution in [1.29, 1.82) is 0 Å². The van der Waals surface area contributed by atoms with Crippen molar-refractivity contribution in [3.8, 4) is 0 Å². The van der Waals surface area contributed by atoms with E-state index in [1.165, 1.54) is 6.92 Å². The van der Waals surface area contributed by atoms with Crippen LogP contribution >= 0.6 is 0 Å². The van der Waals surface area contributed by atoms with Crippen LogP contribution in [0.25, 0.3) is 0 Å². The molecule has 21 heavy (non-hydrogen) atoms. The normalized spacial score (nSPS) is 11.5. The monoisotopic (exact) mass is 298 g/mol. The van der Waals surface area contributed by atoms with E-state index >= 15 is 0 Å². The number of halogens is 4. The molecule has 0 spiro atoms. The summed E-state index contributed by atoms with van der Waals surface area (Å²) in [6.07, 6.45) is -4.59. The highest BCUT2D eigenvalue weighted by molar-refractivity contribution is 5.42. The van der Waals surface area contributed by atoms with E-state index in [0.717, 1.165) is 12.1 Å². The van der Waals surface area contributed by atoms with Gasteiger partial charge in [-0.3, -0.25) is 0 Å². The second-order valence-electron chi connectivity index (χ2n) is 4.56. The summed E-state index contributed by atoms with van der Waals surface area (Å²) < 4.78 is 52.8. The summed E-state index contributed by atoms with van der Waals surface area (Å²) >= 11 is 0. The quantitative estimate of drug-likeness (QED) is 0.650. The highest BCUT2D eigenvalue weighted by Crippen LogP contribution is 2.35. The van der Waals surface area contributed by atoms with Gasteiger partial charge in [0.25, 0.3) is 0 Å². The molecular weight excluding hydrogens is 284 g/mol. The summed E-state index contributed by atoms with van der Waals surface area (Å²) in [4.78, 5) is 0. The summed E-state index contributed by atoms with van der Waals surface area (Å²) in [5, 5.41) is 0. The zero-order valence-corrected chi connectivity index (χ0v) is 11.3. The average molecular weight is 298 g/mol. The molecule has 0 aliphatic carbocycles. The van der Waals surface area contributed by atoms with E-state index in [2.05, 4.69) is 10.9 Å². The van der Waals surface area contributed by atoms with E-state index in [0.29, 0.717) is 5.69 Å². The SMILES string of the molecule is Cc1ccc(F)c(CNNc2ccccc2)c1C(F)(F)F. The maximum absolute atomic E-state index is 13.7. The number of para-hydroxylation sites is 1. The lowest BCUT2D eigenvalue weighted by Gasteiger charge is -2.17. The zero-order chi connectivity index (χ0) is 15.5. The second-order valence-corrected chi connectivity index (χ2v) is 4.56. The predicted octanol–water partition coefficient (Wildman–Crippen LogP) is 4.27. The van der Waals surface area contributed by atoms with Gasteiger partial charge in [-0.2, -0.15) is 13.2 Å². The summed E-state index contributed by atoms with van der Waals surface area (Å²) in [7, 11) is 0. The molecule has 0 bridgehead atoms. The van der Waals surface area contributed by atoms with E-state index in [9.17, 15) is 17.6 Å². The van der Waals surface area contributed by atoms with Crippen molar-refractivity contribution < 1.29 is 17.6 Å². The molecule has 0 aliphatic heterocycles. The molecule has 2 rings (SSSR count). The van der Waals surface area contributed by atoms with E-state index in [1.807, 2.05) is 6.07 Å². The van der Waals surface area contributed by atoms with Gasteiger partial charge in [-0.1, -0.05) is 24.3 Å². The van der Waals surface area contributed by atoms with Crippen molar-refractivity contribution >= 4 is 5.69 Å². The highest BCUT2D eigenvalue weighted by Gasteiger charge is 2.36. The zero-order valence-electron chi connectivity index (χ0n) is 11.3. The van der Waals surface area contributed by atoms with Crippen LogP contribution in [0, 0.1) is 12.7 Å². The van der Waals surface area contributed by atoms with Crippen LogP contribution in [0.2, 0.25) is 0 Å². The number of nitrogens with one attached hydrogen (secondary N) is 2. The van der Waals surface area contributed by atoms with Gasteiger partial charge >= 0.3 is 6.18 Å². The van der Waals surface area contributed by atoms with Crippen molar-refractivity contribution in [1.82, 2.24) is 5.43 Å². The summed E-state index contributed by atoms with van der Waals surface area (Å²) in [5.74, 6) is -0.879. The van der Waals surface area contributed by atoms with Gasteiger partial charge < -0.3 is 5.43 Å². The molecule has 0 unspecified atom stereocenters. The van der Waals surface area contributed by atoms with Crippen LogP contribution in [-0.2, 0) is 12.7 Å². The predicted molar refractivity (Wildman–Crippen MR) is 73.0 cm³/mol. The Kier molecular flexibility index (Phi) is 4.47. The third kappa shape index (κ3) is 3.72. The van der Waals surface area contributed by atoms with E-state index in [-0.39, 0.29) is 12.1 Å². The van der Waals surface area contributed by atoms with Gasteiger partial charge in [-0.25, -0.2) is 9.82 Å². The van der Waals surface area contributed by atoms with Crippen LogP contribution in [0.3, 0.4) is 0 Å². The minimum absolute atomic E-state index is 0.000381. The molecule has 0 aromatic heterocycles. The Morgan fingerprint density at radius 2 is 1.67 bits per heavy atom. The van der Waals surface area contributed by atoms with Gasteiger partial charge in [-0.05, 0) is 30.7 Å². The fourth-order valence-electron chi connectivity index (χ4n) is 2.06. The fourth-order valence-corrected chi connectivity index (χ4v) is 2.06.